The molecule has 0 aromatic carbocycles. The van der Waals surface area contributed by atoms with Gasteiger partial charge in [-0.1, -0.05) is 0 Å². The van der Waals surface area contributed by atoms with Crippen LogP contribution >= 0.6 is 0 Å². The lowest BCUT2D eigenvalue weighted by Crippen LogP contribution is -2.31. The summed E-state index contributed by atoms with van der Waals surface area (Å²) < 4.78 is 8.67. The van der Waals surface area contributed by atoms with Crippen molar-refractivity contribution in [2.24, 2.45) is 5.73 Å². The second-order valence-corrected chi connectivity index (χ2v) is 6.56. The van der Waals surface area contributed by atoms with Gasteiger partial charge < -0.3 is 25.7 Å². The van der Waals surface area contributed by atoms with Crippen LogP contribution in [0.25, 0.3) is 5.65 Å². The Morgan fingerprint density at radius 2 is 2.29 bits per heavy atom. The lowest BCUT2D eigenvalue weighted by molar-refractivity contribution is 0.0581. The van der Waals surface area contributed by atoms with Crippen molar-refractivity contribution in [1.82, 2.24) is 19.2 Å². The van der Waals surface area contributed by atoms with E-state index in [1.165, 1.54) is 10.7 Å². The van der Waals surface area contributed by atoms with E-state index in [1.54, 1.807) is 29.9 Å². The molecule has 146 valence electrons. The summed E-state index contributed by atoms with van der Waals surface area (Å²) in [5, 5.41) is 10.2. The predicted molar refractivity (Wildman–Crippen MR) is 104 cm³/mol. The van der Waals surface area contributed by atoms with Crippen molar-refractivity contribution in [3.63, 3.8) is 0 Å². The van der Waals surface area contributed by atoms with Gasteiger partial charge in [-0.25, -0.2) is 4.98 Å². The van der Waals surface area contributed by atoms with E-state index in [2.05, 4.69) is 20.7 Å². The molecule has 0 bridgehead atoms. The number of carbonyl (C=O) groups is 1. The fourth-order valence-electron chi connectivity index (χ4n) is 3.35. The highest BCUT2D eigenvalue weighted by atomic mass is 16.5. The highest BCUT2D eigenvalue weighted by molar-refractivity contribution is 5.98. The van der Waals surface area contributed by atoms with Crippen LogP contribution in [0.5, 0.6) is 0 Å². The smallest absolute Gasteiger partial charge is 0.274 e. The summed E-state index contributed by atoms with van der Waals surface area (Å²) in [5.41, 5.74) is 6.13. The molecule has 3 aromatic heterocycles. The van der Waals surface area contributed by atoms with Crippen LogP contribution in [0.2, 0.25) is 0 Å². The zero-order valence-electron chi connectivity index (χ0n) is 15.4. The monoisotopic (exact) mass is 383 g/mol. The van der Waals surface area contributed by atoms with Gasteiger partial charge in [0, 0.05) is 25.9 Å². The number of nitrogens with two attached hydrogens (primary N) is 1. The van der Waals surface area contributed by atoms with E-state index in [-0.39, 0.29) is 17.2 Å². The number of carbonyl (C=O) groups excluding carboxylic acids is 1. The molecule has 1 atom stereocenters. The maximum absolute atomic E-state index is 12.9. The maximum atomic E-state index is 12.9. The summed E-state index contributed by atoms with van der Waals surface area (Å²) in [5.74, 6) is 0.368. The standard InChI is InChI=1S/C18H21N7O3/c1-20-15-8-14(23-17-12(16(19)26)9-21-25(15)17)22-13-5-2-6-24(18(13)27)11-4-3-7-28-10-11/h2,5-6,8-9,11,20H,3-4,7,10H2,1H3,(H2,19,26)(H,22,23). The van der Waals surface area contributed by atoms with Crippen LogP contribution < -0.4 is 21.9 Å². The van der Waals surface area contributed by atoms with Crippen molar-refractivity contribution in [3.8, 4) is 0 Å². The number of primary amides is 1. The van der Waals surface area contributed by atoms with Crippen LogP contribution in [0.1, 0.15) is 29.2 Å². The van der Waals surface area contributed by atoms with Crippen molar-refractivity contribution >= 4 is 28.9 Å². The third-order valence-corrected chi connectivity index (χ3v) is 4.76. The van der Waals surface area contributed by atoms with Crippen LogP contribution in [0.4, 0.5) is 17.3 Å². The number of anilines is 3. The van der Waals surface area contributed by atoms with Gasteiger partial charge in [0.05, 0.1) is 18.8 Å². The number of rotatable bonds is 5. The second kappa shape index (κ2) is 7.31. The van der Waals surface area contributed by atoms with Crippen LogP contribution in [-0.4, -0.2) is 45.3 Å². The largest absolute Gasteiger partial charge is 0.379 e. The van der Waals surface area contributed by atoms with Gasteiger partial charge in [0.15, 0.2) is 5.65 Å². The molecule has 1 amide bonds. The third kappa shape index (κ3) is 3.18. The Morgan fingerprint density at radius 3 is 3.00 bits per heavy atom. The molecule has 1 aliphatic heterocycles. The lowest BCUT2D eigenvalue weighted by Gasteiger charge is -2.24. The number of hydrogen-bond donors (Lipinski definition) is 3. The number of pyridine rings is 1. The molecule has 0 spiro atoms. The van der Waals surface area contributed by atoms with Gasteiger partial charge in [0.25, 0.3) is 11.5 Å². The molecule has 1 unspecified atom stereocenters. The first kappa shape index (κ1) is 18.0. The van der Waals surface area contributed by atoms with Crippen LogP contribution in [-0.2, 0) is 4.74 Å². The first-order valence-electron chi connectivity index (χ1n) is 9.00. The number of amides is 1. The van der Waals surface area contributed by atoms with Crippen molar-refractivity contribution in [3.05, 3.63) is 46.5 Å². The van der Waals surface area contributed by atoms with Gasteiger partial charge in [0.2, 0.25) is 0 Å². The Balaban J connectivity index is 1.73. The second-order valence-electron chi connectivity index (χ2n) is 6.56. The Hall–Kier alpha value is -3.40. The summed E-state index contributed by atoms with van der Waals surface area (Å²) in [6.45, 7) is 1.25. The van der Waals surface area contributed by atoms with Gasteiger partial charge >= 0.3 is 0 Å². The average molecular weight is 383 g/mol. The molecular formula is C18H21N7O3. The van der Waals surface area contributed by atoms with Crippen LogP contribution in [0.3, 0.4) is 0 Å². The molecule has 28 heavy (non-hydrogen) atoms. The molecule has 4 N–H and O–H groups in total. The summed E-state index contributed by atoms with van der Waals surface area (Å²) in [4.78, 5) is 29.0. The van der Waals surface area contributed by atoms with Gasteiger partial charge in [-0.05, 0) is 25.0 Å². The highest BCUT2D eigenvalue weighted by Gasteiger charge is 2.19. The van der Waals surface area contributed by atoms with E-state index in [0.29, 0.717) is 29.6 Å². The van der Waals surface area contributed by atoms with Crippen molar-refractivity contribution in [1.29, 1.82) is 0 Å². The number of nitrogens with zero attached hydrogens (tertiary/aromatic N) is 4. The Bertz CT molecular complexity index is 1080. The van der Waals surface area contributed by atoms with Crippen molar-refractivity contribution in [2.45, 2.75) is 18.9 Å². The Labute approximate surface area is 160 Å². The molecule has 1 fully saturated rings. The molecule has 0 radical (unpaired) electrons. The third-order valence-electron chi connectivity index (χ3n) is 4.76. The SMILES string of the molecule is CNc1cc(Nc2cccn(C3CCCOC3)c2=O)nc2c(C(N)=O)cnn12. The first-order valence-corrected chi connectivity index (χ1v) is 9.00. The molecule has 0 saturated carbocycles. The molecule has 0 aliphatic carbocycles. The van der Waals surface area contributed by atoms with Gasteiger partial charge in [0.1, 0.15) is 22.9 Å². The average Bonchev–Trinajstić information content (AvgIpc) is 3.14. The molecule has 4 heterocycles. The minimum Gasteiger partial charge on any atom is -0.379 e. The number of fused-ring (bicyclic) bond motifs is 1. The zero-order chi connectivity index (χ0) is 19.7. The highest BCUT2D eigenvalue weighted by Crippen LogP contribution is 2.22. The molecule has 10 heteroatoms. The van der Waals surface area contributed by atoms with E-state index in [0.717, 1.165) is 19.4 Å². The topological polar surface area (TPSA) is 129 Å². The molecule has 4 rings (SSSR count). The zero-order valence-corrected chi connectivity index (χ0v) is 15.4. The minimum absolute atomic E-state index is 0.0163. The first-order chi connectivity index (χ1) is 13.6. The van der Waals surface area contributed by atoms with Gasteiger partial charge in [-0.15, -0.1) is 0 Å². The maximum Gasteiger partial charge on any atom is 0.274 e. The van der Waals surface area contributed by atoms with E-state index < -0.39 is 5.91 Å². The van der Waals surface area contributed by atoms with Crippen molar-refractivity contribution in [2.75, 3.05) is 30.9 Å². The normalized spacial score (nSPS) is 16.8. The van der Waals surface area contributed by atoms with Gasteiger partial charge in [-0.3, -0.25) is 9.59 Å². The van der Waals surface area contributed by atoms with Crippen molar-refractivity contribution < 1.29 is 9.53 Å². The summed E-state index contributed by atoms with van der Waals surface area (Å²) in [7, 11) is 1.72. The van der Waals surface area contributed by atoms with E-state index in [4.69, 9.17) is 10.5 Å². The molecule has 1 saturated heterocycles. The summed E-state index contributed by atoms with van der Waals surface area (Å²) in [6.07, 6.45) is 4.96. The minimum atomic E-state index is -0.624. The fraction of sp³-hybridized carbons (Fsp3) is 0.333. The van der Waals surface area contributed by atoms with Gasteiger partial charge in [-0.2, -0.15) is 9.61 Å². The van der Waals surface area contributed by atoms with Crippen LogP contribution in [0.15, 0.2) is 35.4 Å². The Kier molecular flexibility index (Phi) is 4.70. The predicted octanol–water partition coefficient (Wildman–Crippen LogP) is 1.13. The number of hydrogen-bond acceptors (Lipinski definition) is 7. The summed E-state index contributed by atoms with van der Waals surface area (Å²) >= 11 is 0. The van der Waals surface area contributed by atoms with Crippen LogP contribution in [0, 0.1) is 0 Å². The molecular weight excluding hydrogens is 362 g/mol. The number of nitrogens with one attached hydrogen (secondary N) is 2. The summed E-state index contributed by atoms with van der Waals surface area (Å²) in [6, 6.07) is 5.22. The molecule has 1 aliphatic rings. The number of ether oxygens (including phenoxy) is 1. The quantitative estimate of drug-likeness (QED) is 0.602. The Morgan fingerprint density at radius 1 is 1.43 bits per heavy atom. The fourth-order valence-corrected chi connectivity index (χ4v) is 3.35. The van der Waals surface area contributed by atoms with E-state index in [9.17, 15) is 9.59 Å². The van der Waals surface area contributed by atoms with E-state index >= 15 is 0 Å². The van der Waals surface area contributed by atoms with E-state index in [1.807, 2.05) is 6.07 Å². The number of aromatic nitrogens is 4. The lowest BCUT2D eigenvalue weighted by atomic mass is 10.1. The molecule has 10 nitrogen and oxygen atoms in total. The molecule has 3 aromatic rings.